The van der Waals surface area contributed by atoms with Gasteiger partial charge in [-0.2, -0.15) is 0 Å². The van der Waals surface area contributed by atoms with E-state index in [-0.39, 0.29) is 23.4 Å². The highest BCUT2D eigenvalue weighted by molar-refractivity contribution is 5.93. The molecule has 6 heteroatoms. The van der Waals surface area contributed by atoms with E-state index < -0.39 is 16.6 Å². The van der Waals surface area contributed by atoms with Crippen LogP contribution in [0, 0.1) is 22.9 Å². The first kappa shape index (κ1) is 14.6. The molecule has 0 aliphatic rings. The number of halogens is 1. The Morgan fingerprint density at radius 1 is 1.29 bits per heavy atom. The fraction of sp³-hybridized carbons (Fsp3) is 0.133. The molecule has 0 bridgehead atoms. The fourth-order valence-corrected chi connectivity index (χ4v) is 1.94. The molecule has 0 saturated heterocycles. The zero-order chi connectivity index (χ0) is 15.4. The van der Waals surface area contributed by atoms with Gasteiger partial charge in [-0.25, -0.2) is 4.39 Å². The number of anilines is 1. The van der Waals surface area contributed by atoms with Gasteiger partial charge in [-0.05, 0) is 24.6 Å². The number of nitrogens with one attached hydrogen (secondary N) is 1. The average Bonchev–Trinajstić information content (AvgIpc) is 2.43. The highest BCUT2D eigenvalue weighted by Gasteiger charge is 2.16. The normalized spacial score (nSPS) is 10.2. The Hall–Kier alpha value is -2.76. The number of nitro groups is 1. The molecule has 1 N–H and O–H groups in total. The number of hydrogen-bond donors (Lipinski definition) is 1. The molecule has 0 aliphatic heterocycles. The van der Waals surface area contributed by atoms with Crippen molar-refractivity contribution in [1.82, 2.24) is 0 Å². The third-order valence-corrected chi connectivity index (χ3v) is 2.94. The molecule has 0 aliphatic carbocycles. The van der Waals surface area contributed by atoms with E-state index in [0.29, 0.717) is 0 Å². The zero-order valence-electron chi connectivity index (χ0n) is 11.3. The molecule has 21 heavy (non-hydrogen) atoms. The first-order chi connectivity index (χ1) is 9.97. The van der Waals surface area contributed by atoms with Crippen molar-refractivity contribution < 1.29 is 14.1 Å². The summed E-state index contributed by atoms with van der Waals surface area (Å²) in [6, 6.07) is 10.3. The van der Waals surface area contributed by atoms with Gasteiger partial charge in [0.1, 0.15) is 5.82 Å². The fourth-order valence-electron chi connectivity index (χ4n) is 1.94. The van der Waals surface area contributed by atoms with Crippen molar-refractivity contribution in [2.45, 2.75) is 13.3 Å². The second-order valence-corrected chi connectivity index (χ2v) is 4.59. The van der Waals surface area contributed by atoms with Gasteiger partial charge in [0.25, 0.3) is 5.69 Å². The third kappa shape index (κ3) is 3.62. The Morgan fingerprint density at radius 2 is 2.00 bits per heavy atom. The number of benzene rings is 2. The molecular formula is C15H13FN2O3. The van der Waals surface area contributed by atoms with Crippen molar-refractivity contribution in [2.75, 3.05) is 5.32 Å². The predicted molar refractivity (Wildman–Crippen MR) is 76.6 cm³/mol. The maximum atomic E-state index is 13.6. The topological polar surface area (TPSA) is 72.2 Å². The van der Waals surface area contributed by atoms with Crippen molar-refractivity contribution >= 4 is 17.3 Å². The summed E-state index contributed by atoms with van der Waals surface area (Å²) < 4.78 is 13.6. The van der Waals surface area contributed by atoms with Crippen LogP contribution in [0.3, 0.4) is 0 Å². The minimum Gasteiger partial charge on any atom is -0.323 e. The Kier molecular flexibility index (Phi) is 4.27. The molecule has 0 radical (unpaired) electrons. The number of carbonyl (C=O) groups excluding carboxylic acids is 1. The summed E-state index contributed by atoms with van der Waals surface area (Å²) >= 11 is 0. The smallest absolute Gasteiger partial charge is 0.273 e. The van der Waals surface area contributed by atoms with Gasteiger partial charge in [0.15, 0.2) is 0 Å². The summed E-state index contributed by atoms with van der Waals surface area (Å²) in [4.78, 5) is 22.2. The van der Waals surface area contributed by atoms with E-state index in [1.165, 1.54) is 30.3 Å². The number of nitro benzene ring substituents is 1. The minimum atomic E-state index is -0.546. The number of carbonyl (C=O) groups is 1. The predicted octanol–water partition coefficient (Wildman–Crippen LogP) is 3.22. The molecule has 2 aromatic carbocycles. The highest BCUT2D eigenvalue weighted by Crippen LogP contribution is 2.20. The van der Waals surface area contributed by atoms with Gasteiger partial charge in [-0.3, -0.25) is 14.9 Å². The molecule has 0 unspecified atom stereocenters. The van der Waals surface area contributed by atoms with Crippen LogP contribution in [0.1, 0.15) is 11.1 Å². The van der Waals surface area contributed by atoms with E-state index in [9.17, 15) is 19.3 Å². The number of hydrogen-bond acceptors (Lipinski definition) is 3. The van der Waals surface area contributed by atoms with Crippen molar-refractivity contribution in [1.29, 1.82) is 0 Å². The van der Waals surface area contributed by atoms with Crippen LogP contribution in [0.25, 0.3) is 0 Å². The van der Waals surface area contributed by atoms with Crippen LogP contribution < -0.4 is 5.32 Å². The largest absolute Gasteiger partial charge is 0.323 e. The second-order valence-electron chi connectivity index (χ2n) is 4.59. The quantitative estimate of drug-likeness (QED) is 0.693. The van der Waals surface area contributed by atoms with E-state index in [0.717, 1.165) is 5.56 Å². The maximum absolute atomic E-state index is 13.6. The monoisotopic (exact) mass is 288 g/mol. The number of nitrogens with zero attached hydrogens (tertiary/aromatic N) is 1. The van der Waals surface area contributed by atoms with Crippen LogP contribution in [0.4, 0.5) is 15.8 Å². The molecule has 0 spiro atoms. The van der Waals surface area contributed by atoms with Crippen LogP contribution in [0.2, 0.25) is 0 Å². The lowest BCUT2D eigenvalue weighted by atomic mass is 10.1. The van der Waals surface area contributed by atoms with Gasteiger partial charge >= 0.3 is 0 Å². The minimum absolute atomic E-state index is 0.0681. The van der Waals surface area contributed by atoms with Gasteiger partial charge in [0.05, 0.1) is 17.0 Å². The van der Waals surface area contributed by atoms with Crippen LogP contribution in [0.5, 0.6) is 0 Å². The standard InChI is InChI=1S/C15H13FN2O3/c1-10-6-7-12(16)13(8-10)17-15(19)9-11-4-2-3-5-14(11)18(20)21/h2-8H,9H2,1H3,(H,17,19). The summed E-state index contributed by atoms with van der Waals surface area (Å²) in [7, 11) is 0. The van der Waals surface area contributed by atoms with E-state index in [1.807, 2.05) is 0 Å². The van der Waals surface area contributed by atoms with E-state index in [1.54, 1.807) is 19.1 Å². The van der Waals surface area contributed by atoms with Crippen molar-refractivity contribution in [3.63, 3.8) is 0 Å². The molecule has 0 fully saturated rings. The molecule has 2 aromatic rings. The molecule has 0 saturated carbocycles. The van der Waals surface area contributed by atoms with Gasteiger partial charge in [0.2, 0.25) is 5.91 Å². The molecule has 5 nitrogen and oxygen atoms in total. The van der Waals surface area contributed by atoms with Crippen LogP contribution in [-0.4, -0.2) is 10.8 Å². The van der Waals surface area contributed by atoms with E-state index >= 15 is 0 Å². The first-order valence-electron chi connectivity index (χ1n) is 6.25. The molecule has 1 amide bonds. The lowest BCUT2D eigenvalue weighted by Crippen LogP contribution is -2.16. The Labute approximate surface area is 120 Å². The summed E-state index contributed by atoms with van der Waals surface area (Å²) in [5.41, 5.74) is 1.03. The average molecular weight is 288 g/mol. The summed E-state index contributed by atoms with van der Waals surface area (Å²) in [6.45, 7) is 1.77. The van der Waals surface area contributed by atoms with Gasteiger partial charge in [-0.15, -0.1) is 0 Å². The molecule has 2 rings (SSSR count). The molecular weight excluding hydrogens is 275 g/mol. The number of rotatable bonds is 4. The zero-order valence-corrected chi connectivity index (χ0v) is 11.3. The lowest BCUT2D eigenvalue weighted by molar-refractivity contribution is -0.385. The van der Waals surface area contributed by atoms with Crippen LogP contribution in [-0.2, 0) is 11.2 Å². The second kappa shape index (κ2) is 6.13. The maximum Gasteiger partial charge on any atom is 0.273 e. The number of aryl methyl sites for hydroxylation is 1. The summed E-state index contributed by atoms with van der Waals surface area (Å²) in [6.07, 6.45) is -0.190. The van der Waals surface area contributed by atoms with Crippen molar-refractivity contribution in [3.8, 4) is 0 Å². The van der Waals surface area contributed by atoms with Crippen molar-refractivity contribution in [2.24, 2.45) is 0 Å². The molecule has 108 valence electrons. The van der Waals surface area contributed by atoms with E-state index in [4.69, 9.17) is 0 Å². The SMILES string of the molecule is Cc1ccc(F)c(NC(=O)Cc2ccccc2[N+](=O)[O-])c1. The van der Waals surface area contributed by atoms with Crippen LogP contribution >= 0.6 is 0 Å². The first-order valence-corrected chi connectivity index (χ1v) is 6.25. The van der Waals surface area contributed by atoms with E-state index in [2.05, 4.69) is 5.32 Å². The highest BCUT2D eigenvalue weighted by atomic mass is 19.1. The lowest BCUT2D eigenvalue weighted by Gasteiger charge is -2.07. The number of para-hydroxylation sites is 1. The van der Waals surface area contributed by atoms with Crippen molar-refractivity contribution in [3.05, 3.63) is 69.5 Å². The molecule has 0 heterocycles. The Bertz CT molecular complexity index is 701. The number of amides is 1. The molecule has 0 aromatic heterocycles. The Morgan fingerprint density at radius 3 is 2.71 bits per heavy atom. The van der Waals surface area contributed by atoms with Crippen LogP contribution in [0.15, 0.2) is 42.5 Å². The third-order valence-electron chi connectivity index (χ3n) is 2.94. The molecule has 0 atom stereocenters. The summed E-state index contributed by atoms with van der Waals surface area (Å²) in [5.74, 6) is -1.05. The van der Waals surface area contributed by atoms with Gasteiger partial charge in [0, 0.05) is 11.6 Å². The Balaban J connectivity index is 2.16. The summed E-state index contributed by atoms with van der Waals surface area (Å²) in [5, 5.41) is 13.3. The van der Waals surface area contributed by atoms with Gasteiger partial charge < -0.3 is 5.32 Å². The van der Waals surface area contributed by atoms with Gasteiger partial charge in [-0.1, -0.05) is 24.3 Å².